The molecule has 3 atom stereocenters. The Morgan fingerprint density at radius 3 is 1.73 bits per heavy atom. The molecular weight excluding hydrogens is 504 g/mol. The highest BCUT2D eigenvalue weighted by Crippen LogP contribution is 2.53. The molecule has 0 aromatic carbocycles. The van der Waals surface area contributed by atoms with Gasteiger partial charge in [-0.2, -0.15) is 0 Å². The molecule has 0 radical (unpaired) electrons. The summed E-state index contributed by atoms with van der Waals surface area (Å²) in [5.41, 5.74) is 6.01. The van der Waals surface area contributed by atoms with Crippen LogP contribution in [0.5, 0.6) is 0 Å². The molecule has 1 fully saturated rings. The number of allylic oxidation sites excluding steroid dienone is 17. The predicted octanol–water partition coefficient (Wildman–Crippen LogP) is 9.25. The van der Waals surface area contributed by atoms with Gasteiger partial charge in [0.25, 0.3) is 0 Å². The molecule has 224 valence electrons. The Labute approximate surface area is 250 Å². The summed E-state index contributed by atoms with van der Waals surface area (Å²) in [6.07, 6.45) is 26.7. The molecule has 2 aliphatic rings. The van der Waals surface area contributed by atoms with Crippen LogP contribution in [-0.4, -0.2) is 28.2 Å². The summed E-state index contributed by atoms with van der Waals surface area (Å²) in [5.74, 6) is 0.126. The number of aliphatic hydroxyl groups excluding tert-OH is 2. The summed E-state index contributed by atoms with van der Waals surface area (Å²) in [5, 5.41) is 20.2. The maximum atomic E-state index is 13.2. The number of rotatable bonds is 10. The first kappa shape index (κ1) is 34.5. The van der Waals surface area contributed by atoms with E-state index in [2.05, 4.69) is 84.9 Å². The van der Waals surface area contributed by atoms with Crippen molar-refractivity contribution in [2.45, 2.75) is 107 Å². The molecule has 1 saturated carbocycles. The number of carbonyl (C=O) groups excluding carboxylic acids is 1. The summed E-state index contributed by atoms with van der Waals surface area (Å²) >= 11 is 0. The van der Waals surface area contributed by atoms with Gasteiger partial charge in [0.05, 0.1) is 12.2 Å². The van der Waals surface area contributed by atoms with Crippen LogP contribution >= 0.6 is 0 Å². The van der Waals surface area contributed by atoms with Gasteiger partial charge in [-0.25, -0.2) is 0 Å². The van der Waals surface area contributed by atoms with Crippen molar-refractivity contribution in [1.29, 1.82) is 0 Å². The molecule has 2 aliphatic carbocycles. The summed E-state index contributed by atoms with van der Waals surface area (Å²) in [6.45, 7) is 20.8. The molecule has 0 saturated heterocycles. The largest absolute Gasteiger partial charge is 0.393 e. The third-order valence-electron chi connectivity index (χ3n) is 8.99. The first-order valence-corrected chi connectivity index (χ1v) is 15.0. The van der Waals surface area contributed by atoms with E-state index in [9.17, 15) is 15.0 Å². The molecular formula is C38H54O3. The van der Waals surface area contributed by atoms with Crippen LogP contribution < -0.4 is 0 Å². The lowest BCUT2D eigenvalue weighted by atomic mass is 9.65. The quantitative estimate of drug-likeness (QED) is 0.207. The SMILES string of the molecule is CC1=C(/C=C/C(C)=C/C=C/C(C)=C/C=C/C=C(C)/C=C/C=C(\C)C(=O)[C@]2(C)C[C@@H](O)CC2(C)C)C(C)(C)C[C@H](O)C1. The Kier molecular flexibility index (Phi) is 12.1. The smallest absolute Gasteiger partial charge is 0.165 e. The van der Waals surface area contributed by atoms with Crippen molar-refractivity contribution in [2.75, 3.05) is 0 Å². The van der Waals surface area contributed by atoms with Gasteiger partial charge in [0, 0.05) is 5.41 Å². The molecule has 0 spiro atoms. The maximum Gasteiger partial charge on any atom is 0.165 e. The van der Waals surface area contributed by atoms with E-state index >= 15 is 0 Å². The average molecular weight is 559 g/mol. The highest BCUT2D eigenvalue weighted by Gasteiger charge is 2.53. The second-order valence-corrected chi connectivity index (χ2v) is 13.8. The van der Waals surface area contributed by atoms with E-state index in [4.69, 9.17) is 0 Å². The molecule has 2 rings (SSSR count). The fourth-order valence-electron chi connectivity index (χ4n) is 6.22. The molecule has 41 heavy (non-hydrogen) atoms. The number of ketones is 1. The highest BCUT2D eigenvalue weighted by atomic mass is 16.3. The van der Waals surface area contributed by atoms with Crippen LogP contribution in [-0.2, 0) is 4.79 Å². The molecule has 0 unspecified atom stereocenters. The van der Waals surface area contributed by atoms with Gasteiger partial charge in [0.2, 0.25) is 0 Å². The molecule has 2 N–H and O–H groups in total. The summed E-state index contributed by atoms with van der Waals surface area (Å²) < 4.78 is 0. The van der Waals surface area contributed by atoms with Crippen LogP contribution in [0.25, 0.3) is 0 Å². The highest BCUT2D eigenvalue weighted by molar-refractivity contribution is 6.00. The van der Waals surface area contributed by atoms with Crippen LogP contribution in [0, 0.1) is 16.2 Å². The maximum absolute atomic E-state index is 13.2. The molecule has 0 heterocycles. The average Bonchev–Trinajstić information content (AvgIpc) is 3.06. The summed E-state index contributed by atoms with van der Waals surface area (Å²) in [7, 11) is 0. The van der Waals surface area contributed by atoms with Gasteiger partial charge >= 0.3 is 0 Å². The normalized spacial score (nSPS) is 28.3. The summed E-state index contributed by atoms with van der Waals surface area (Å²) in [4.78, 5) is 13.2. The second kappa shape index (κ2) is 14.4. The van der Waals surface area contributed by atoms with Gasteiger partial charge in [0.15, 0.2) is 5.78 Å². The first-order valence-electron chi connectivity index (χ1n) is 15.0. The van der Waals surface area contributed by atoms with Crippen molar-refractivity contribution < 1.29 is 15.0 Å². The molecule has 0 aromatic rings. The molecule has 0 aromatic heterocycles. The molecule has 3 nitrogen and oxygen atoms in total. The lowest BCUT2D eigenvalue weighted by molar-refractivity contribution is -0.128. The predicted molar refractivity (Wildman–Crippen MR) is 175 cm³/mol. The topological polar surface area (TPSA) is 57.5 Å². The van der Waals surface area contributed by atoms with E-state index in [1.54, 1.807) is 0 Å². The Morgan fingerprint density at radius 1 is 0.707 bits per heavy atom. The van der Waals surface area contributed by atoms with Gasteiger partial charge in [0.1, 0.15) is 0 Å². The minimum absolute atomic E-state index is 0.00640. The standard InChI is InChI=1S/C38H54O3/c1-27(17-13-18-29(3)21-22-34-31(5)23-32(39)24-36(34,6)7)15-11-12-16-28(2)19-14-20-30(4)35(41)38(10)26-33(40)25-37(38,8)9/h11-22,32-33,39-40H,23-26H2,1-10H3/b12-11+,17-13+,19-14+,22-21+,27-15+,28-16+,29-18+,30-20+/t32-,33+,38+/m1/s1. The Balaban J connectivity index is 1.93. The zero-order valence-corrected chi connectivity index (χ0v) is 27.2. The number of Topliss-reactive ketones (excluding diaryl/α,β-unsaturated/α-hetero) is 1. The molecule has 3 heteroatoms. The van der Waals surface area contributed by atoms with Gasteiger partial charge in [-0.15, -0.1) is 0 Å². The second-order valence-electron chi connectivity index (χ2n) is 13.8. The van der Waals surface area contributed by atoms with Gasteiger partial charge in [-0.05, 0) is 82.3 Å². The van der Waals surface area contributed by atoms with Crippen molar-refractivity contribution in [2.24, 2.45) is 16.2 Å². The van der Waals surface area contributed by atoms with E-state index in [0.29, 0.717) is 12.8 Å². The Morgan fingerprint density at radius 2 is 1.22 bits per heavy atom. The number of hydrogen-bond donors (Lipinski definition) is 2. The Bertz CT molecular complexity index is 1240. The van der Waals surface area contributed by atoms with Crippen molar-refractivity contribution in [3.05, 3.63) is 106 Å². The lowest BCUT2D eigenvalue weighted by Crippen LogP contribution is -2.38. The minimum atomic E-state index is -0.535. The fraction of sp³-hybridized carbons (Fsp3) is 0.500. The lowest BCUT2D eigenvalue weighted by Gasteiger charge is -2.36. The monoisotopic (exact) mass is 558 g/mol. The summed E-state index contributed by atoms with van der Waals surface area (Å²) in [6, 6.07) is 0. The van der Waals surface area contributed by atoms with E-state index in [1.807, 2.05) is 57.2 Å². The molecule has 0 bridgehead atoms. The number of carbonyl (C=O) groups is 1. The van der Waals surface area contributed by atoms with Gasteiger partial charge in [-0.3, -0.25) is 4.79 Å². The van der Waals surface area contributed by atoms with E-state index < -0.39 is 11.5 Å². The zero-order chi connectivity index (χ0) is 31.0. The van der Waals surface area contributed by atoms with E-state index in [-0.39, 0.29) is 22.7 Å². The molecule has 0 aliphatic heterocycles. The Hall–Kier alpha value is -2.75. The van der Waals surface area contributed by atoms with Crippen molar-refractivity contribution in [3.8, 4) is 0 Å². The van der Waals surface area contributed by atoms with Crippen LogP contribution in [0.4, 0.5) is 0 Å². The van der Waals surface area contributed by atoms with Crippen LogP contribution in [0.3, 0.4) is 0 Å². The van der Waals surface area contributed by atoms with Crippen molar-refractivity contribution in [1.82, 2.24) is 0 Å². The third kappa shape index (κ3) is 9.65. The number of hydrogen-bond acceptors (Lipinski definition) is 3. The number of aliphatic hydroxyl groups is 2. The van der Waals surface area contributed by atoms with Crippen LogP contribution in [0.2, 0.25) is 0 Å². The van der Waals surface area contributed by atoms with Gasteiger partial charge < -0.3 is 10.2 Å². The van der Waals surface area contributed by atoms with Crippen molar-refractivity contribution in [3.63, 3.8) is 0 Å². The van der Waals surface area contributed by atoms with Crippen LogP contribution in [0.15, 0.2) is 106 Å². The zero-order valence-electron chi connectivity index (χ0n) is 27.2. The van der Waals surface area contributed by atoms with E-state index in [1.165, 1.54) is 16.7 Å². The van der Waals surface area contributed by atoms with Gasteiger partial charge in [-0.1, -0.05) is 130 Å². The first-order chi connectivity index (χ1) is 19.0. The van der Waals surface area contributed by atoms with E-state index in [0.717, 1.165) is 29.6 Å². The third-order valence-corrected chi connectivity index (χ3v) is 8.99. The van der Waals surface area contributed by atoms with Crippen LogP contribution in [0.1, 0.15) is 94.9 Å². The molecule has 0 amide bonds. The minimum Gasteiger partial charge on any atom is -0.393 e. The fourth-order valence-corrected chi connectivity index (χ4v) is 6.22. The van der Waals surface area contributed by atoms with Crippen molar-refractivity contribution >= 4 is 5.78 Å².